The SMILES string of the molecule is CCCCCCCCCCCCCCCCCCCCCC(O)C(CO)NC(=O)CCCCCCCCCCCCCCCCC/C=C\CCCCCCCCCCCCCCOC(=O)CCCCCCCCCCCCCC. The van der Waals surface area contributed by atoms with Gasteiger partial charge in [-0.1, -0.05) is 366 Å². The van der Waals surface area contributed by atoms with Gasteiger partial charge in [0.2, 0.25) is 5.91 Å². The molecule has 3 N–H and O–H groups in total. The van der Waals surface area contributed by atoms with E-state index in [-0.39, 0.29) is 18.5 Å². The van der Waals surface area contributed by atoms with E-state index < -0.39 is 12.1 Å². The van der Waals surface area contributed by atoms with Crippen LogP contribution >= 0.6 is 0 Å². The summed E-state index contributed by atoms with van der Waals surface area (Å²) in [6.07, 6.45) is 85.6. The first-order valence-corrected chi connectivity index (χ1v) is 36.4. The van der Waals surface area contributed by atoms with Crippen molar-refractivity contribution in [2.75, 3.05) is 13.2 Å². The van der Waals surface area contributed by atoms with Crippen molar-refractivity contribution in [1.29, 1.82) is 0 Å². The van der Waals surface area contributed by atoms with E-state index >= 15 is 0 Å². The number of aliphatic hydroxyl groups excluding tert-OH is 2. The minimum Gasteiger partial charge on any atom is -0.466 e. The molecule has 79 heavy (non-hydrogen) atoms. The summed E-state index contributed by atoms with van der Waals surface area (Å²) in [6, 6.07) is -0.540. The van der Waals surface area contributed by atoms with Crippen molar-refractivity contribution in [3.8, 4) is 0 Å². The monoisotopic (exact) mass is 1110 g/mol. The molecule has 2 atom stereocenters. The Balaban J connectivity index is 3.35. The number of amides is 1. The topological polar surface area (TPSA) is 95.9 Å². The third-order valence-electron chi connectivity index (χ3n) is 17.3. The van der Waals surface area contributed by atoms with E-state index in [9.17, 15) is 19.8 Å². The molecule has 0 bridgehead atoms. The van der Waals surface area contributed by atoms with Gasteiger partial charge in [0.15, 0.2) is 0 Å². The molecule has 0 aliphatic rings. The molecule has 470 valence electrons. The van der Waals surface area contributed by atoms with Gasteiger partial charge in [-0.05, 0) is 51.4 Å². The van der Waals surface area contributed by atoms with Crippen LogP contribution in [-0.4, -0.2) is 47.4 Å². The highest BCUT2D eigenvalue weighted by atomic mass is 16.5. The fourth-order valence-corrected chi connectivity index (χ4v) is 11.8. The zero-order valence-corrected chi connectivity index (χ0v) is 53.9. The van der Waals surface area contributed by atoms with Gasteiger partial charge in [-0.2, -0.15) is 0 Å². The minimum atomic E-state index is -0.663. The molecular formula is C73H143NO5. The zero-order valence-electron chi connectivity index (χ0n) is 53.9. The molecule has 0 radical (unpaired) electrons. The predicted molar refractivity (Wildman–Crippen MR) is 347 cm³/mol. The predicted octanol–water partition coefficient (Wildman–Crippen LogP) is 23.5. The minimum absolute atomic E-state index is 0.0193. The normalized spacial score (nSPS) is 12.5. The Labute approximate surface area is 495 Å². The molecule has 6 heteroatoms. The second-order valence-electron chi connectivity index (χ2n) is 25.3. The summed E-state index contributed by atoms with van der Waals surface area (Å²) in [4.78, 5) is 24.6. The van der Waals surface area contributed by atoms with E-state index in [1.54, 1.807) is 0 Å². The van der Waals surface area contributed by atoms with Gasteiger partial charge >= 0.3 is 5.97 Å². The molecule has 0 saturated heterocycles. The van der Waals surface area contributed by atoms with Crippen LogP contribution < -0.4 is 5.32 Å². The third-order valence-corrected chi connectivity index (χ3v) is 17.3. The maximum absolute atomic E-state index is 12.5. The van der Waals surface area contributed by atoms with Gasteiger partial charge in [0.1, 0.15) is 0 Å². The van der Waals surface area contributed by atoms with E-state index in [2.05, 4.69) is 31.3 Å². The molecule has 0 saturated carbocycles. The molecule has 0 rings (SSSR count). The maximum Gasteiger partial charge on any atom is 0.305 e. The van der Waals surface area contributed by atoms with Crippen LogP contribution in [0.4, 0.5) is 0 Å². The first-order chi connectivity index (χ1) is 39.0. The van der Waals surface area contributed by atoms with Crippen LogP contribution in [-0.2, 0) is 14.3 Å². The molecule has 0 heterocycles. The lowest BCUT2D eigenvalue weighted by atomic mass is 10.0. The van der Waals surface area contributed by atoms with Crippen LogP contribution in [0.5, 0.6) is 0 Å². The summed E-state index contributed by atoms with van der Waals surface area (Å²) in [6.45, 7) is 5.00. The summed E-state index contributed by atoms with van der Waals surface area (Å²) >= 11 is 0. The van der Waals surface area contributed by atoms with Crippen molar-refractivity contribution in [1.82, 2.24) is 5.32 Å². The van der Waals surface area contributed by atoms with Crippen LogP contribution in [0.1, 0.15) is 418 Å². The van der Waals surface area contributed by atoms with Crippen LogP contribution in [0.25, 0.3) is 0 Å². The second-order valence-corrected chi connectivity index (χ2v) is 25.3. The molecule has 0 aromatic rings. The number of esters is 1. The van der Waals surface area contributed by atoms with Crippen molar-refractivity contribution >= 4 is 11.9 Å². The molecule has 6 nitrogen and oxygen atoms in total. The van der Waals surface area contributed by atoms with Crippen molar-refractivity contribution in [2.45, 2.75) is 431 Å². The summed E-state index contributed by atoms with van der Waals surface area (Å²) < 4.78 is 5.48. The van der Waals surface area contributed by atoms with Gasteiger partial charge in [-0.25, -0.2) is 0 Å². The number of carbonyl (C=O) groups excluding carboxylic acids is 2. The Morgan fingerprint density at radius 1 is 0.342 bits per heavy atom. The Morgan fingerprint density at radius 2 is 0.595 bits per heavy atom. The summed E-state index contributed by atoms with van der Waals surface area (Å²) in [5.41, 5.74) is 0. The fourth-order valence-electron chi connectivity index (χ4n) is 11.8. The van der Waals surface area contributed by atoms with Gasteiger partial charge < -0.3 is 20.3 Å². The van der Waals surface area contributed by atoms with Crippen molar-refractivity contribution in [3.05, 3.63) is 12.2 Å². The average Bonchev–Trinajstić information content (AvgIpc) is 3.45. The lowest BCUT2D eigenvalue weighted by Gasteiger charge is -2.22. The standard InChI is InChI=1S/C73H143NO5/c1-3-5-7-9-11-13-15-17-18-19-33-36-39-42-45-49-53-57-61-65-71(76)70(69-75)74-72(77)66-62-58-54-50-46-43-40-37-34-31-29-27-25-23-21-20-22-24-26-28-30-32-35-38-41-44-48-52-56-60-64-68-79-73(78)67-63-59-55-51-47-16-14-12-10-8-6-4-2/h22,24,70-71,75-76H,3-21,23,25-69H2,1-2H3,(H,74,77)/b24-22-. The second kappa shape index (κ2) is 69.1. The highest BCUT2D eigenvalue weighted by molar-refractivity contribution is 5.76. The van der Waals surface area contributed by atoms with E-state index in [0.29, 0.717) is 25.9 Å². The van der Waals surface area contributed by atoms with Crippen molar-refractivity contribution in [2.24, 2.45) is 0 Å². The summed E-state index contributed by atoms with van der Waals surface area (Å²) in [7, 11) is 0. The molecular weight excluding hydrogens is 971 g/mol. The number of hydrogen-bond donors (Lipinski definition) is 3. The molecule has 0 spiro atoms. The van der Waals surface area contributed by atoms with Gasteiger partial charge in [0.05, 0.1) is 25.4 Å². The van der Waals surface area contributed by atoms with E-state index in [4.69, 9.17) is 4.74 Å². The largest absolute Gasteiger partial charge is 0.466 e. The average molecular weight is 1110 g/mol. The molecule has 0 fully saturated rings. The van der Waals surface area contributed by atoms with E-state index in [0.717, 1.165) is 38.5 Å². The molecule has 2 unspecified atom stereocenters. The van der Waals surface area contributed by atoms with Gasteiger partial charge in [0, 0.05) is 12.8 Å². The third kappa shape index (κ3) is 65.6. The van der Waals surface area contributed by atoms with Gasteiger partial charge in [0.25, 0.3) is 0 Å². The Kier molecular flexibility index (Phi) is 67.9. The molecule has 0 aromatic carbocycles. The molecule has 1 amide bonds. The Bertz CT molecular complexity index is 1190. The first-order valence-electron chi connectivity index (χ1n) is 36.4. The smallest absolute Gasteiger partial charge is 0.305 e. The van der Waals surface area contributed by atoms with Gasteiger partial charge in [-0.3, -0.25) is 9.59 Å². The summed E-state index contributed by atoms with van der Waals surface area (Å²) in [5, 5.41) is 23.4. The number of rotatable bonds is 69. The van der Waals surface area contributed by atoms with E-state index in [1.165, 1.54) is 347 Å². The van der Waals surface area contributed by atoms with Crippen LogP contribution in [0, 0.1) is 0 Å². The number of ether oxygens (including phenoxy) is 1. The van der Waals surface area contributed by atoms with Crippen LogP contribution in [0.2, 0.25) is 0 Å². The number of aliphatic hydroxyl groups is 2. The number of carbonyl (C=O) groups is 2. The van der Waals surface area contributed by atoms with Crippen LogP contribution in [0.3, 0.4) is 0 Å². The van der Waals surface area contributed by atoms with Gasteiger partial charge in [-0.15, -0.1) is 0 Å². The maximum atomic E-state index is 12.5. The van der Waals surface area contributed by atoms with Crippen molar-refractivity contribution < 1.29 is 24.5 Å². The molecule has 0 aliphatic carbocycles. The Morgan fingerprint density at radius 3 is 0.899 bits per heavy atom. The van der Waals surface area contributed by atoms with E-state index in [1.807, 2.05) is 0 Å². The number of allylic oxidation sites excluding steroid dienone is 2. The lowest BCUT2D eigenvalue weighted by Crippen LogP contribution is -2.45. The quantitative estimate of drug-likeness (QED) is 0.0320. The fraction of sp³-hybridized carbons (Fsp3) is 0.945. The lowest BCUT2D eigenvalue weighted by molar-refractivity contribution is -0.143. The number of hydrogen-bond acceptors (Lipinski definition) is 5. The highest BCUT2D eigenvalue weighted by Gasteiger charge is 2.20. The van der Waals surface area contributed by atoms with Crippen LogP contribution in [0.15, 0.2) is 12.2 Å². The van der Waals surface area contributed by atoms with Crippen molar-refractivity contribution in [3.63, 3.8) is 0 Å². The first kappa shape index (κ1) is 77.6. The Hall–Kier alpha value is -1.40. The zero-order chi connectivity index (χ0) is 57.1. The number of nitrogens with one attached hydrogen (secondary N) is 1. The molecule has 0 aromatic heterocycles. The number of unbranched alkanes of at least 4 members (excludes halogenated alkanes) is 56. The summed E-state index contributed by atoms with van der Waals surface area (Å²) in [5.74, 6) is -0.00879. The highest BCUT2D eigenvalue weighted by Crippen LogP contribution is 2.19. The molecule has 0 aliphatic heterocycles.